The third-order valence-corrected chi connectivity index (χ3v) is 5.26. The van der Waals surface area contributed by atoms with Crippen LogP contribution in [0.3, 0.4) is 0 Å². The van der Waals surface area contributed by atoms with E-state index in [4.69, 9.17) is 0 Å². The maximum absolute atomic E-state index is 13.2. The molecule has 1 heterocycles. The highest BCUT2D eigenvalue weighted by molar-refractivity contribution is 6.12. The van der Waals surface area contributed by atoms with Gasteiger partial charge >= 0.3 is 0 Å². The third kappa shape index (κ3) is 3.03. The highest BCUT2D eigenvalue weighted by atomic mass is 16.3. The molecule has 0 fully saturated rings. The van der Waals surface area contributed by atoms with E-state index < -0.39 is 5.54 Å². The summed E-state index contributed by atoms with van der Waals surface area (Å²) >= 11 is 0. The van der Waals surface area contributed by atoms with Crippen LogP contribution in [-0.4, -0.2) is 57.3 Å². The number of β-amino-alcohol motifs (C(OH)–C–C–N with tert-alkyl or cyclic N) is 2. The molecule has 0 aliphatic heterocycles. The minimum absolute atomic E-state index is 0.0192. The second-order valence-corrected chi connectivity index (χ2v) is 7.13. The molecule has 0 unspecified atom stereocenters. The molecular weight excluding hydrogens is 328 g/mol. The van der Waals surface area contributed by atoms with Gasteiger partial charge in [0.05, 0.1) is 18.8 Å². The standard InChI is InChI=1S/C21H26N2O3/c1-21(2,23(10-12-24)11-13-25)20(26)15-8-9-19-17(14-15)16-6-4-5-7-18(16)22(19)3/h4-9,14,24-25H,10-13H2,1-3H3. The van der Waals surface area contributed by atoms with Crippen molar-refractivity contribution in [3.8, 4) is 0 Å². The SMILES string of the molecule is Cn1c2ccccc2c2cc(C(=O)C(C)(C)N(CCO)CCO)ccc21. The molecule has 3 rings (SSSR count). The second kappa shape index (κ2) is 7.19. The summed E-state index contributed by atoms with van der Waals surface area (Å²) in [6.45, 7) is 4.26. The van der Waals surface area contributed by atoms with Crippen molar-refractivity contribution in [3.63, 3.8) is 0 Å². The Balaban J connectivity index is 2.07. The molecule has 0 aliphatic carbocycles. The van der Waals surface area contributed by atoms with Gasteiger partial charge in [0.1, 0.15) is 0 Å². The van der Waals surface area contributed by atoms with Gasteiger partial charge < -0.3 is 14.8 Å². The fourth-order valence-corrected chi connectivity index (χ4v) is 3.72. The van der Waals surface area contributed by atoms with E-state index in [1.807, 2.05) is 56.1 Å². The Labute approximate surface area is 153 Å². The van der Waals surface area contributed by atoms with Gasteiger partial charge in [-0.25, -0.2) is 0 Å². The number of nitrogens with zero attached hydrogens (tertiary/aromatic N) is 2. The number of carbonyl (C=O) groups is 1. The highest BCUT2D eigenvalue weighted by Crippen LogP contribution is 2.30. The van der Waals surface area contributed by atoms with Crippen LogP contribution in [0.2, 0.25) is 0 Å². The summed E-state index contributed by atoms with van der Waals surface area (Å²) in [6.07, 6.45) is 0. The molecule has 2 N–H and O–H groups in total. The predicted octanol–water partition coefficient (Wildman–Crippen LogP) is 2.58. The average molecular weight is 354 g/mol. The number of hydrogen-bond donors (Lipinski definition) is 2. The van der Waals surface area contributed by atoms with E-state index in [0.29, 0.717) is 18.7 Å². The maximum Gasteiger partial charge on any atom is 0.182 e. The monoisotopic (exact) mass is 354 g/mol. The Morgan fingerprint density at radius 2 is 1.62 bits per heavy atom. The van der Waals surface area contributed by atoms with Crippen molar-refractivity contribution >= 4 is 27.6 Å². The Morgan fingerprint density at radius 1 is 1.00 bits per heavy atom. The van der Waals surface area contributed by atoms with Crippen molar-refractivity contribution < 1.29 is 15.0 Å². The molecule has 0 bridgehead atoms. The summed E-state index contributed by atoms with van der Waals surface area (Å²) in [4.78, 5) is 15.1. The van der Waals surface area contributed by atoms with Gasteiger partial charge in [-0.2, -0.15) is 0 Å². The Kier molecular flexibility index (Phi) is 5.14. The number of aromatic nitrogens is 1. The zero-order valence-electron chi connectivity index (χ0n) is 15.6. The zero-order valence-corrected chi connectivity index (χ0v) is 15.6. The molecule has 2 aromatic carbocycles. The van der Waals surface area contributed by atoms with Gasteiger partial charge in [0.25, 0.3) is 0 Å². The van der Waals surface area contributed by atoms with Crippen LogP contribution in [-0.2, 0) is 7.05 Å². The molecule has 0 spiro atoms. The van der Waals surface area contributed by atoms with E-state index in [1.165, 1.54) is 0 Å². The maximum atomic E-state index is 13.2. The molecule has 1 aromatic heterocycles. The smallest absolute Gasteiger partial charge is 0.182 e. The van der Waals surface area contributed by atoms with Gasteiger partial charge in [0, 0.05) is 47.5 Å². The van der Waals surface area contributed by atoms with Crippen molar-refractivity contribution in [2.75, 3.05) is 26.3 Å². The molecule has 0 saturated heterocycles. The van der Waals surface area contributed by atoms with Gasteiger partial charge in [-0.05, 0) is 38.1 Å². The minimum Gasteiger partial charge on any atom is -0.395 e. The van der Waals surface area contributed by atoms with E-state index in [9.17, 15) is 15.0 Å². The number of para-hydroxylation sites is 1. The number of rotatable bonds is 7. The summed E-state index contributed by atoms with van der Waals surface area (Å²) < 4.78 is 2.13. The first-order valence-corrected chi connectivity index (χ1v) is 8.90. The van der Waals surface area contributed by atoms with Crippen LogP contribution in [0.4, 0.5) is 0 Å². The number of aliphatic hydroxyl groups excluding tert-OH is 2. The molecule has 26 heavy (non-hydrogen) atoms. The Hall–Kier alpha value is -2.21. The van der Waals surface area contributed by atoms with Crippen molar-refractivity contribution in [2.45, 2.75) is 19.4 Å². The molecule has 3 aromatic rings. The first kappa shape index (κ1) is 18.6. The quantitative estimate of drug-likeness (QED) is 0.640. The van der Waals surface area contributed by atoms with Gasteiger partial charge in [-0.15, -0.1) is 0 Å². The lowest BCUT2D eigenvalue weighted by Crippen LogP contribution is -2.52. The summed E-state index contributed by atoms with van der Waals surface area (Å²) in [7, 11) is 2.03. The normalized spacial score (nSPS) is 12.4. The molecule has 138 valence electrons. The van der Waals surface area contributed by atoms with Crippen molar-refractivity contribution in [1.29, 1.82) is 0 Å². The van der Waals surface area contributed by atoms with Crippen LogP contribution >= 0.6 is 0 Å². The van der Waals surface area contributed by atoms with Gasteiger partial charge in [0.2, 0.25) is 0 Å². The number of hydrogen-bond acceptors (Lipinski definition) is 4. The number of ketones is 1. The number of aliphatic hydroxyl groups is 2. The average Bonchev–Trinajstić information content (AvgIpc) is 2.93. The predicted molar refractivity (Wildman–Crippen MR) is 105 cm³/mol. The molecule has 0 amide bonds. The summed E-state index contributed by atoms with van der Waals surface area (Å²) in [5.74, 6) is -0.0192. The third-order valence-electron chi connectivity index (χ3n) is 5.26. The topological polar surface area (TPSA) is 65.7 Å². The van der Waals surface area contributed by atoms with E-state index in [1.54, 1.807) is 0 Å². The molecular formula is C21H26N2O3. The van der Waals surface area contributed by atoms with Crippen molar-refractivity contribution in [1.82, 2.24) is 9.47 Å². The molecule has 5 nitrogen and oxygen atoms in total. The van der Waals surface area contributed by atoms with Crippen LogP contribution in [0, 0.1) is 0 Å². The number of carbonyl (C=O) groups excluding carboxylic acids is 1. The molecule has 0 aliphatic rings. The zero-order chi connectivity index (χ0) is 18.9. The number of Topliss-reactive ketones (excluding diaryl/α,β-unsaturated/α-hetero) is 1. The van der Waals surface area contributed by atoms with Crippen LogP contribution in [0.1, 0.15) is 24.2 Å². The van der Waals surface area contributed by atoms with E-state index in [2.05, 4.69) is 16.7 Å². The lowest BCUT2D eigenvalue weighted by Gasteiger charge is -2.36. The molecule has 5 heteroatoms. The number of benzene rings is 2. The Bertz CT molecular complexity index is 937. The lowest BCUT2D eigenvalue weighted by molar-refractivity contribution is 0.0516. The van der Waals surface area contributed by atoms with Crippen LogP contribution in [0.5, 0.6) is 0 Å². The molecule has 0 atom stereocenters. The van der Waals surface area contributed by atoms with Crippen LogP contribution in [0.25, 0.3) is 21.8 Å². The lowest BCUT2D eigenvalue weighted by atomic mass is 9.90. The summed E-state index contributed by atoms with van der Waals surface area (Å²) in [5, 5.41) is 20.8. The molecule has 0 saturated carbocycles. The van der Waals surface area contributed by atoms with Crippen molar-refractivity contribution in [3.05, 3.63) is 48.0 Å². The minimum atomic E-state index is -0.816. The first-order valence-electron chi connectivity index (χ1n) is 8.90. The van der Waals surface area contributed by atoms with Crippen LogP contribution in [0.15, 0.2) is 42.5 Å². The summed E-state index contributed by atoms with van der Waals surface area (Å²) in [6, 6.07) is 14.0. The number of fused-ring (bicyclic) bond motifs is 3. The first-order chi connectivity index (χ1) is 12.4. The number of aryl methyl sites for hydroxylation is 1. The largest absolute Gasteiger partial charge is 0.395 e. The van der Waals surface area contributed by atoms with Gasteiger partial charge in [-0.1, -0.05) is 18.2 Å². The van der Waals surface area contributed by atoms with Crippen LogP contribution < -0.4 is 0 Å². The van der Waals surface area contributed by atoms with Crippen molar-refractivity contribution in [2.24, 2.45) is 7.05 Å². The van der Waals surface area contributed by atoms with E-state index >= 15 is 0 Å². The van der Waals surface area contributed by atoms with E-state index in [-0.39, 0.29) is 19.0 Å². The van der Waals surface area contributed by atoms with Gasteiger partial charge in [0.15, 0.2) is 5.78 Å². The summed E-state index contributed by atoms with van der Waals surface area (Å²) in [5.41, 5.74) is 2.04. The van der Waals surface area contributed by atoms with E-state index in [0.717, 1.165) is 21.8 Å². The Morgan fingerprint density at radius 3 is 2.27 bits per heavy atom. The molecule has 0 radical (unpaired) electrons. The second-order valence-electron chi connectivity index (χ2n) is 7.13. The highest BCUT2D eigenvalue weighted by Gasteiger charge is 2.34. The fourth-order valence-electron chi connectivity index (χ4n) is 3.72. The van der Waals surface area contributed by atoms with Gasteiger partial charge in [-0.3, -0.25) is 9.69 Å². The fraction of sp³-hybridized carbons (Fsp3) is 0.381.